The van der Waals surface area contributed by atoms with E-state index in [0.29, 0.717) is 12.0 Å². The van der Waals surface area contributed by atoms with Gasteiger partial charge < -0.3 is 10.4 Å². The van der Waals surface area contributed by atoms with Crippen LogP contribution >= 0.6 is 15.9 Å². The second-order valence-corrected chi connectivity index (χ2v) is 6.60. The Labute approximate surface area is 117 Å². The fraction of sp³-hybridized carbons (Fsp3) is 0.600. The van der Waals surface area contributed by atoms with E-state index in [0.717, 1.165) is 30.3 Å². The summed E-state index contributed by atoms with van der Waals surface area (Å²) in [6.45, 7) is 0.924. The quantitative estimate of drug-likeness (QED) is 0.833. The molecule has 2 unspecified atom stereocenters. The Hall–Kier alpha value is -0.380. The van der Waals surface area contributed by atoms with E-state index < -0.39 is 5.60 Å². The molecule has 1 aromatic rings. The number of hydrogen-bond donors (Lipinski definition) is 2. The zero-order valence-electron chi connectivity index (χ0n) is 10.5. The van der Waals surface area contributed by atoms with Crippen LogP contribution in [0.15, 0.2) is 28.7 Å². The van der Waals surface area contributed by atoms with E-state index in [1.807, 2.05) is 0 Å². The zero-order valence-corrected chi connectivity index (χ0v) is 12.1. The number of rotatable bonds is 1. The average molecular weight is 310 g/mol. The summed E-state index contributed by atoms with van der Waals surface area (Å²) in [5.41, 5.74) is 0.879. The third-order valence-corrected chi connectivity index (χ3v) is 5.15. The number of halogens is 1. The van der Waals surface area contributed by atoms with E-state index >= 15 is 0 Å². The lowest BCUT2D eigenvalue weighted by Crippen LogP contribution is -2.53. The smallest absolute Gasteiger partial charge is 0.0706 e. The van der Waals surface area contributed by atoms with Gasteiger partial charge in [0.15, 0.2) is 0 Å². The molecule has 3 heteroatoms. The van der Waals surface area contributed by atoms with Crippen molar-refractivity contribution in [3.8, 4) is 0 Å². The molecule has 0 radical (unpaired) electrons. The Balaban J connectivity index is 1.88. The molecule has 98 valence electrons. The fourth-order valence-electron chi connectivity index (χ4n) is 3.64. The maximum Gasteiger partial charge on any atom is 0.0706 e. The Morgan fingerprint density at radius 3 is 2.72 bits per heavy atom. The summed E-state index contributed by atoms with van der Waals surface area (Å²) in [5, 5.41) is 14.4. The van der Waals surface area contributed by atoms with Gasteiger partial charge in [-0.2, -0.15) is 0 Å². The summed E-state index contributed by atoms with van der Waals surface area (Å²) >= 11 is 3.48. The lowest BCUT2D eigenvalue weighted by atomic mass is 9.67. The zero-order chi connectivity index (χ0) is 12.6. The Morgan fingerprint density at radius 1 is 1.17 bits per heavy atom. The lowest BCUT2D eigenvalue weighted by Gasteiger charge is -2.48. The molecular formula is C15H20BrNO. The van der Waals surface area contributed by atoms with Gasteiger partial charge in [-0.3, -0.25) is 0 Å². The number of piperidine rings is 1. The molecule has 0 amide bonds. The largest absolute Gasteiger partial charge is 0.389 e. The first-order valence-electron chi connectivity index (χ1n) is 6.90. The molecule has 2 N–H and O–H groups in total. The van der Waals surface area contributed by atoms with E-state index in [1.165, 1.54) is 18.4 Å². The van der Waals surface area contributed by atoms with E-state index in [-0.39, 0.29) is 0 Å². The molecule has 18 heavy (non-hydrogen) atoms. The summed E-state index contributed by atoms with van der Waals surface area (Å²) in [7, 11) is 0. The molecule has 2 nitrogen and oxygen atoms in total. The predicted octanol–water partition coefficient (Wildman–Crippen LogP) is 3.40. The van der Waals surface area contributed by atoms with Gasteiger partial charge in [0.2, 0.25) is 0 Å². The second kappa shape index (κ2) is 4.95. The van der Waals surface area contributed by atoms with E-state index in [9.17, 15) is 5.11 Å². The van der Waals surface area contributed by atoms with Crippen molar-refractivity contribution in [1.29, 1.82) is 0 Å². The van der Waals surface area contributed by atoms with Gasteiger partial charge in [0.1, 0.15) is 0 Å². The van der Waals surface area contributed by atoms with Crippen molar-refractivity contribution < 1.29 is 5.11 Å². The Morgan fingerprint density at radius 2 is 1.94 bits per heavy atom. The minimum Gasteiger partial charge on any atom is -0.389 e. The minimum atomic E-state index is -0.429. The van der Waals surface area contributed by atoms with Gasteiger partial charge in [-0.1, -0.05) is 40.9 Å². The van der Waals surface area contributed by atoms with Crippen molar-refractivity contribution in [3.63, 3.8) is 0 Å². The highest BCUT2D eigenvalue weighted by atomic mass is 79.9. The number of hydrogen-bond acceptors (Lipinski definition) is 2. The van der Waals surface area contributed by atoms with Crippen LogP contribution < -0.4 is 5.32 Å². The van der Waals surface area contributed by atoms with Crippen LogP contribution in [0.25, 0.3) is 0 Å². The lowest BCUT2D eigenvalue weighted by molar-refractivity contribution is -0.0861. The van der Waals surface area contributed by atoms with Crippen LogP contribution in [0.2, 0.25) is 0 Å². The standard InChI is InChI=1S/C15H20BrNO/c16-12-6-4-11(5-7-12)14-13-3-1-2-8-15(13,18)9-10-17-14/h4-7,13-14,17-18H,1-3,8-10H2/t13?,14-,15?/m0/s1. The van der Waals surface area contributed by atoms with Gasteiger partial charge in [-0.05, 0) is 43.5 Å². The maximum atomic E-state index is 10.8. The molecule has 1 heterocycles. The van der Waals surface area contributed by atoms with E-state index in [1.54, 1.807) is 0 Å². The summed E-state index contributed by atoms with van der Waals surface area (Å²) < 4.78 is 1.11. The molecule has 3 rings (SSSR count). The Kier molecular flexibility index (Phi) is 3.48. The number of fused-ring (bicyclic) bond motifs is 1. The molecule has 2 fully saturated rings. The topological polar surface area (TPSA) is 32.3 Å². The normalized spacial score (nSPS) is 36.1. The van der Waals surface area contributed by atoms with Gasteiger partial charge in [-0.15, -0.1) is 0 Å². The summed E-state index contributed by atoms with van der Waals surface area (Å²) in [6, 6.07) is 8.84. The number of aliphatic hydroxyl groups is 1. The van der Waals surface area contributed by atoms with Gasteiger partial charge in [0.05, 0.1) is 5.60 Å². The molecule has 1 saturated carbocycles. The molecule has 0 aromatic heterocycles. The van der Waals surface area contributed by atoms with Crippen LogP contribution in [0.5, 0.6) is 0 Å². The molecule has 0 bridgehead atoms. The van der Waals surface area contributed by atoms with Crippen molar-refractivity contribution in [2.75, 3.05) is 6.54 Å². The summed E-state index contributed by atoms with van der Waals surface area (Å²) in [5.74, 6) is 0.376. The molecule has 0 spiro atoms. The van der Waals surface area contributed by atoms with Crippen LogP contribution in [0, 0.1) is 5.92 Å². The van der Waals surface area contributed by atoms with E-state index in [4.69, 9.17) is 0 Å². The van der Waals surface area contributed by atoms with Crippen molar-refractivity contribution >= 4 is 15.9 Å². The minimum absolute atomic E-state index is 0.317. The SMILES string of the molecule is OC12CCCCC1[C@H](c1ccc(Br)cc1)NCC2. The fourth-order valence-corrected chi connectivity index (χ4v) is 3.91. The van der Waals surface area contributed by atoms with Crippen LogP contribution in [0.1, 0.15) is 43.7 Å². The summed E-state index contributed by atoms with van der Waals surface area (Å²) in [4.78, 5) is 0. The number of nitrogens with one attached hydrogen (secondary N) is 1. The van der Waals surface area contributed by atoms with Crippen molar-refractivity contribution in [2.45, 2.75) is 43.7 Å². The van der Waals surface area contributed by atoms with Crippen LogP contribution in [0.4, 0.5) is 0 Å². The summed E-state index contributed by atoms with van der Waals surface area (Å²) in [6.07, 6.45) is 5.46. The van der Waals surface area contributed by atoms with Crippen molar-refractivity contribution in [2.24, 2.45) is 5.92 Å². The van der Waals surface area contributed by atoms with Crippen LogP contribution in [-0.2, 0) is 0 Å². The second-order valence-electron chi connectivity index (χ2n) is 5.69. The Bertz CT molecular complexity index is 415. The molecule has 2 aliphatic rings. The maximum absolute atomic E-state index is 10.8. The molecule has 1 aliphatic carbocycles. The van der Waals surface area contributed by atoms with Gasteiger partial charge >= 0.3 is 0 Å². The van der Waals surface area contributed by atoms with Gasteiger partial charge in [-0.25, -0.2) is 0 Å². The predicted molar refractivity (Wildman–Crippen MR) is 76.4 cm³/mol. The first-order chi connectivity index (χ1) is 8.69. The third kappa shape index (κ3) is 2.24. The first kappa shape index (κ1) is 12.6. The van der Waals surface area contributed by atoms with Gasteiger partial charge in [0.25, 0.3) is 0 Å². The molecule has 1 saturated heterocycles. The monoisotopic (exact) mass is 309 g/mol. The van der Waals surface area contributed by atoms with E-state index in [2.05, 4.69) is 45.5 Å². The molecular weight excluding hydrogens is 290 g/mol. The highest BCUT2D eigenvalue weighted by molar-refractivity contribution is 9.10. The molecule has 3 atom stereocenters. The van der Waals surface area contributed by atoms with Crippen LogP contribution in [-0.4, -0.2) is 17.3 Å². The third-order valence-electron chi connectivity index (χ3n) is 4.62. The number of benzene rings is 1. The first-order valence-corrected chi connectivity index (χ1v) is 7.70. The highest BCUT2D eigenvalue weighted by Gasteiger charge is 2.45. The highest BCUT2D eigenvalue weighted by Crippen LogP contribution is 2.45. The van der Waals surface area contributed by atoms with Crippen LogP contribution in [0.3, 0.4) is 0 Å². The van der Waals surface area contributed by atoms with Gasteiger partial charge in [0, 0.05) is 16.4 Å². The van der Waals surface area contributed by atoms with Crippen molar-refractivity contribution in [1.82, 2.24) is 5.32 Å². The van der Waals surface area contributed by atoms with Crippen molar-refractivity contribution in [3.05, 3.63) is 34.3 Å². The average Bonchev–Trinajstić information content (AvgIpc) is 2.38. The molecule has 1 aromatic carbocycles. The molecule has 1 aliphatic heterocycles.